The molecule has 32 valence electrons. The summed E-state index contributed by atoms with van der Waals surface area (Å²) in [4.78, 5) is 0. The van der Waals surface area contributed by atoms with E-state index in [4.69, 9.17) is 0 Å². The Hall–Kier alpha value is -0.0800. The first-order chi connectivity index (χ1) is 3.00. The molecule has 0 radical (unpaired) electrons. The Bertz CT molecular complexity index is 120. The average molecular weight is 194 g/mol. The Labute approximate surface area is 46.1 Å². The number of halogens is 1. The molecule has 0 atom stereocenters. The summed E-state index contributed by atoms with van der Waals surface area (Å²) in [6.07, 6.45) is 3.30. The molecule has 0 aromatic carbocycles. The predicted octanol–water partition coefficient (Wildman–Crippen LogP) is 1.37. The fourth-order valence-electron chi connectivity index (χ4n) is 0.183. The molecule has 1 heterocycles. The summed E-state index contributed by atoms with van der Waals surface area (Å²) in [7, 11) is 0. The number of hydrogen-bond acceptors (Lipinski definition) is 1. The van der Waals surface area contributed by atoms with E-state index in [1.165, 1.54) is 0 Å². The normalized spacial score (nSPS) is 16.0. The van der Waals surface area contributed by atoms with Crippen molar-refractivity contribution in [1.29, 1.82) is 0 Å². The van der Waals surface area contributed by atoms with Crippen molar-refractivity contribution in [2.24, 2.45) is 0 Å². The van der Waals surface area contributed by atoms with E-state index in [1.54, 1.807) is 12.5 Å². The van der Waals surface area contributed by atoms with Crippen LogP contribution in [0.15, 0.2) is 16.6 Å². The largest absolute Gasteiger partial charge is 0.463 e. The van der Waals surface area contributed by atoms with Gasteiger partial charge in [0.25, 0.3) is 0 Å². The summed E-state index contributed by atoms with van der Waals surface area (Å²) in [5.41, 5.74) is 0. The van der Waals surface area contributed by atoms with E-state index >= 15 is 0 Å². The van der Waals surface area contributed by atoms with E-state index in [2.05, 4.69) is 8.40 Å². The molecule has 0 N–H and O–H groups in total. The van der Waals surface area contributed by atoms with Crippen molar-refractivity contribution in [3.05, 3.63) is 16.6 Å². The van der Waals surface area contributed by atoms with Crippen LogP contribution in [0, 0.1) is 0 Å². The van der Waals surface area contributed by atoms with Crippen LogP contribution < -0.4 is 0 Å². The Morgan fingerprint density at radius 3 is 2.83 bits per heavy atom. The SMILES string of the molecule is C1=COC=CI=1. The Morgan fingerprint density at radius 1 is 1.67 bits per heavy atom. The molecule has 0 aliphatic carbocycles. The zero-order valence-electron chi connectivity index (χ0n) is 3.02. The molecule has 0 aromatic rings. The van der Waals surface area contributed by atoms with E-state index in [0.717, 1.165) is 0 Å². The summed E-state index contributed by atoms with van der Waals surface area (Å²) in [6, 6.07) is 0. The molecular weight excluding hydrogens is 191 g/mol. The lowest BCUT2D eigenvalue weighted by Crippen LogP contribution is -1.63. The van der Waals surface area contributed by atoms with E-state index in [1.807, 2.05) is 4.08 Å². The fraction of sp³-hybridized carbons (Fsp3) is 0. The molecule has 0 saturated heterocycles. The van der Waals surface area contributed by atoms with Crippen molar-refractivity contribution in [1.82, 2.24) is 0 Å². The zero-order valence-corrected chi connectivity index (χ0v) is 5.18. The lowest BCUT2D eigenvalue weighted by atomic mass is 11.1. The van der Waals surface area contributed by atoms with Gasteiger partial charge in [-0.25, -0.2) is 0 Å². The van der Waals surface area contributed by atoms with Gasteiger partial charge in [-0.3, -0.25) is 0 Å². The van der Waals surface area contributed by atoms with Crippen LogP contribution in [0.4, 0.5) is 0 Å². The topological polar surface area (TPSA) is 9.23 Å². The first kappa shape index (κ1) is 4.09. The maximum Gasteiger partial charge on any atom is 0.138 e. The molecule has 0 aromatic heterocycles. The lowest BCUT2D eigenvalue weighted by molar-refractivity contribution is 0.410. The van der Waals surface area contributed by atoms with Crippen molar-refractivity contribution in [2.75, 3.05) is 0 Å². The minimum absolute atomic E-state index is 0.104. The van der Waals surface area contributed by atoms with Crippen LogP contribution in [-0.2, 0) is 4.74 Å². The molecule has 1 aliphatic rings. The molecule has 1 nitrogen and oxygen atoms in total. The highest BCUT2D eigenvalue weighted by molar-refractivity contribution is 14.2. The monoisotopic (exact) mass is 194 g/mol. The van der Waals surface area contributed by atoms with Crippen molar-refractivity contribution >= 4 is 24.4 Å². The van der Waals surface area contributed by atoms with Gasteiger partial charge in [-0.05, 0) is 24.4 Å². The van der Waals surface area contributed by atoms with Gasteiger partial charge >= 0.3 is 0 Å². The molecule has 0 bridgehead atoms. The third kappa shape index (κ3) is 0.954. The Morgan fingerprint density at radius 2 is 2.67 bits per heavy atom. The van der Waals surface area contributed by atoms with Crippen molar-refractivity contribution in [3.8, 4) is 0 Å². The van der Waals surface area contributed by atoms with Crippen LogP contribution in [0.3, 0.4) is 0 Å². The second-order valence-corrected chi connectivity index (χ2v) is 2.70. The molecule has 2 heteroatoms. The lowest BCUT2D eigenvalue weighted by Gasteiger charge is -1.84. The number of hydrogen-bond donors (Lipinski definition) is 0. The molecule has 0 spiro atoms. The molecular formula is C4H3IO. The average Bonchev–Trinajstić information content (AvgIpc) is 1.72. The third-order valence-corrected chi connectivity index (χ3v) is 1.64. The van der Waals surface area contributed by atoms with Crippen LogP contribution >= 0.6 is 20.7 Å². The number of ether oxygens (including phenoxy) is 1. The Balaban J connectivity index is 2.78. The first-order valence-corrected chi connectivity index (χ1v) is 3.82. The summed E-state index contributed by atoms with van der Waals surface area (Å²) in [5, 5.41) is 0. The second kappa shape index (κ2) is 2.16. The van der Waals surface area contributed by atoms with Crippen LogP contribution in [0.2, 0.25) is 0 Å². The predicted molar refractivity (Wildman–Crippen MR) is 33.8 cm³/mol. The minimum atomic E-state index is 0.104. The maximum absolute atomic E-state index is 4.68. The first-order valence-electron chi connectivity index (χ1n) is 1.50. The highest BCUT2D eigenvalue weighted by Crippen LogP contribution is 1.98. The van der Waals surface area contributed by atoms with Gasteiger partial charge in [-0.15, -0.1) is 0 Å². The van der Waals surface area contributed by atoms with Gasteiger partial charge in [0.2, 0.25) is 0 Å². The van der Waals surface area contributed by atoms with Crippen LogP contribution in [0.5, 0.6) is 0 Å². The molecule has 0 fully saturated rings. The Kier molecular flexibility index (Phi) is 1.47. The molecule has 0 saturated carbocycles. The molecule has 1 rings (SSSR count). The van der Waals surface area contributed by atoms with Crippen molar-refractivity contribution in [2.45, 2.75) is 0 Å². The standard InChI is InChI=1S/C4H3IO/c1-3-6-4-2-5-1/h1,3-4H. The van der Waals surface area contributed by atoms with Crippen molar-refractivity contribution in [3.63, 3.8) is 0 Å². The summed E-state index contributed by atoms with van der Waals surface area (Å²) in [5.74, 6) is 0. The fourth-order valence-corrected chi connectivity index (χ4v) is 1.00. The number of rotatable bonds is 0. The molecule has 6 heavy (non-hydrogen) atoms. The second-order valence-electron chi connectivity index (χ2n) is 0.734. The van der Waals surface area contributed by atoms with E-state index in [9.17, 15) is 0 Å². The van der Waals surface area contributed by atoms with Crippen molar-refractivity contribution < 1.29 is 4.74 Å². The van der Waals surface area contributed by atoms with Crippen LogP contribution in [0.1, 0.15) is 0 Å². The van der Waals surface area contributed by atoms with Gasteiger partial charge in [0.1, 0.15) is 6.26 Å². The quantitative estimate of drug-likeness (QED) is 0.529. The van der Waals surface area contributed by atoms with Gasteiger partial charge in [0, 0.05) is 4.08 Å². The zero-order chi connectivity index (χ0) is 4.24. The van der Waals surface area contributed by atoms with Gasteiger partial charge in [0.05, 0.1) is 6.26 Å². The van der Waals surface area contributed by atoms with Crippen LogP contribution in [0.25, 0.3) is 0 Å². The van der Waals surface area contributed by atoms with E-state index in [-0.39, 0.29) is 20.7 Å². The van der Waals surface area contributed by atoms with E-state index in [0.29, 0.717) is 0 Å². The van der Waals surface area contributed by atoms with E-state index < -0.39 is 0 Å². The van der Waals surface area contributed by atoms with Crippen LogP contribution in [-0.4, -0.2) is 3.67 Å². The van der Waals surface area contributed by atoms with Gasteiger partial charge in [0.15, 0.2) is 0 Å². The van der Waals surface area contributed by atoms with Gasteiger partial charge < -0.3 is 4.74 Å². The highest BCUT2D eigenvalue weighted by atomic mass is 127. The third-order valence-electron chi connectivity index (χ3n) is 0.369. The van der Waals surface area contributed by atoms with Gasteiger partial charge in [-0.1, -0.05) is 0 Å². The maximum atomic E-state index is 4.68. The molecule has 1 aliphatic heterocycles. The minimum Gasteiger partial charge on any atom is -0.463 e. The summed E-state index contributed by atoms with van der Waals surface area (Å²) >= 11 is 0.104. The molecule has 0 amide bonds. The molecule has 0 unspecified atom stereocenters. The smallest absolute Gasteiger partial charge is 0.138 e. The summed E-state index contributed by atoms with van der Waals surface area (Å²) < 4.78 is 9.65. The van der Waals surface area contributed by atoms with Gasteiger partial charge in [-0.2, -0.15) is 0 Å². The highest BCUT2D eigenvalue weighted by Gasteiger charge is 1.67. The summed E-state index contributed by atoms with van der Waals surface area (Å²) in [6.45, 7) is 0.